The monoisotopic (exact) mass is 432 g/mol. The molecule has 176 valence electrons. The standard InChI is InChI=1S/C27H44O4/c1-4-7-9-11-12-14-18-23-22-25(28)24(19-15-10-8-5-2)27(23)31-21-17-13-16-20-26(29)30-6-3/h22,24,27H,4-13,15-17,19-21H2,1-3H3/t24-,27-/m0/s1. The summed E-state index contributed by atoms with van der Waals surface area (Å²) in [4.78, 5) is 24.1. The third kappa shape index (κ3) is 12.1. The predicted octanol–water partition coefficient (Wildman–Crippen LogP) is 6.56. The lowest BCUT2D eigenvalue weighted by Crippen LogP contribution is -2.26. The summed E-state index contributed by atoms with van der Waals surface area (Å²) in [5.41, 5.74) is 0.868. The first kappa shape index (κ1) is 27.4. The van der Waals surface area contributed by atoms with Crippen LogP contribution in [-0.4, -0.2) is 31.1 Å². The van der Waals surface area contributed by atoms with Gasteiger partial charge in [-0.1, -0.05) is 77.1 Å². The Balaban J connectivity index is 2.52. The molecular weight excluding hydrogens is 388 g/mol. The fraction of sp³-hybridized carbons (Fsp3) is 0.778. The van der Waals surface area contributed by atoms with Gasteiger partial charge in [0.05, 0.1) is 12.5 Å². The van der Waals surface area contributed by atoms with Gasteiger partial charge in [0.15, 0.2) is 5.78 Å². The van der Waals surface area contributed by atoms with Gasteiger partial charge in [0.25, 0.3) is 0 Å². The Hall–Kier alpha value is -1.60. The number of carbonyl (C=O) groups excluding carboxylic acids is 2. The molecule has 2 atom stereocenters. The number of ether oxygens (including phenoxy) is 2. The Bertz CT molecular complexity index is 596. The molecule has 0 bridgehead atoms. The van der Waals surface area contributed by atoms with Crippen LogP contribution in [0.4, 0.5) is 0 Å². The average Bonchev–Trinajstić information content (AvgIpc) is 3.05. The van der Waals surface area contributed by atoms with Crippen molar-refractivity contribution in [3.05, 3.63) is 11.6 Å². The molecule has 1 rings (SSSR count). The normalized spacial score (nSPS) is 17.9. The first-order valence-corrected chi connectivity index (χ1v) is 12.7. The molecule has 0 saturated heterocycles. The fourth-order valence-corrected chi connectivity index (χ4v) is 3.90. The summed E-state index contributed by atoms with van der Waals surface area (Å²) in [6, 6.07) is 0. The van der Waals surface area contributed by atoms with Crippen molar-refractivity contribution in [1.29, 1.82) is 0 Å². The summed E-state index contributed by atoms with van der Waals surface area (Å²) in [5, 5.41) is 0. The second-order valence-electron chi connectivity index (χ2n) is 8.48. The zero-order chi connectivity index (χ0) is 22.7. The van der Waals surface area contributed by atoms with Gasteiger partial charge in [0, 0.05) is 25.0 Å². The van der Waals surface area contributed by atoms with E-state index >= 15 is 0 Å². The lowest BCUT2D eigenvalue weighted by molar-refractivity contribution is -0.143. The molecule has 0 aromatic carbocycles. The van der Waals surface area contributed by atoms with Crippen LogP contribution < -0.4 is 0 Å². The van der Waals surface area contributed by atoms with E-state index in [-0.39, 0.29) is 23.8 Å². The number of unbranched alkanes of at least 4 members (excludes halogenated alkanes) is 9. The highest BCUT2D eigenvalue weighted by Crippen LogP contribution is 2.30. The molecule has 4 heteroatoms. The lowest BCUT2D eigenvalue weighted by atomic mass is 9.94. The van der Waals surface area contributed by atoms with Crippen LogP contribution in [0.25, 0.3) is 0 Å². The van der Waals surface area contributed by atoms with Gasteiger partial charge < -0.3 is 9.47 Å². The maximum Gasteiger partial charge on any atom is 0.305 e. The largest absolute Gasteiger partial charge is 0.466 e. The van der Waals surface area contributed by atoms with E-state index in [9.17, 15) is 9.59 Å². The highest BCUT2D eigenvalue weighted by Gasteiger charge is 2.35. The topological polar surface area (TPSA) is 52.6 Å². The first-order chi connectivity index (χ1) is 15.1. The van der Waals surface area contributed by atoms with Crippen LogP contribution in [0.5, 0.6) is 0 Å². The molecule has 0 aromatic rings. The van der Waals surface area contributed by atoms with E-state index in [4.69, 9.17) is 9.47 Å². The molecule has 1 aliphatic carbocycles. The maximum atomic E-state index is 12.6. The molecule has 0 spiro atoms. The average molecular weight is 433 g/mol. The SMILES string of the molecule is CCCCCCC#CC1=CC(=O)[C@H](CCCCCC)[C@H]1OCCCCCC(=O)OCC. The fourth-order valence-electron chi connectivity index (χ4n) is 3.90. The molecule has 0 N–H and O–H groups in total. The molecule has 0 aliphatic heterocycles. The highest BCUT2D eigenvalue weighted by molar-refractivity contribution is 5.97. The third-order valence-electron chi connectivity index (χ3n) is 5.72. The second kappa shape index (κ2) is 18.0. The quantitative estimate of drug-likeness (QED) is 0.148. The number of ketones is 1. The number of esters is 1. The van der Waals surface area contributed by atoms with Crippen molar-refractivity contribution in [2.24, 2.45) is 5.92 Å². The maximum absolute atomic E-state index is 12.6. The van der Waals surface area contributed by atoms with E-state index in [2.05, 4.69) is 25.7 Å². The molecule has 31 heavy (non-hydrogen) atoms. The molecule has 1 aliphatic rings. The molecule has 0 radical (unpaired) electrons. The number of allylic oxidation sites excluding steroid dienone is 1. The number of rotatable bonds is 17. The van der Waals surface area contributed by atoms with E-state index in [0.717, 1.165) is 50.5 Å². The predicted molar refractivity (Wildman–Crippen MR) is 127 cm³/mol. The Morgan fingerprint density at radius 3 is 2.35 bits per heavy atom. The molecule has 0 amide bonds. The van der Waals surface area contributed by atoms with Gasteiger partial charge in [0.1, 0.15) is 6.10 Å². The van der Waals surface area contributed by atoms with Crippen molar-refractivity contribution < 1.29 is 19.1 Å². The van der Waals surface area contributed by atoms with Gasteiger partial charge in [-0.15, -0.1) is 0 Å². The van der Waals surface area contributed by atoms with Crippen molar-refractivity contribution in [2.45, 2.75) is 117 Å². The smallest absolute Gasteiger partial charge is 0.305 e. The van der Waals surface area contributed by atoms with Gasteiger partial charge in [-0.2, -0.15) is 0 Å². The van der Waals surface area contributed by atoms with Gasteiger partial charge in [-0.25, -0.2) is 0 Å². The van der Waals surface area contributed by atoms with Crippen LogP contribution in [0.15, 0.2) is 11.6 Å². The Kier molecular flexibility index (Phi) is 15.9. The van der Waals surface area contributed by atoms with Crippen LogP contribution in [0.3, 0.4) is 0 Å². The zero-order valence-corrected chi connectivity index (χ0v) is 20.2. The van der Waals surface area contributed by atoms with Crippen LogP contribution in [0.1, 0.15) is 111 Å². The third-order valence-corrected chi connectivity index (χ3v) is 5.72. The van der Waals surface area contributed by atoms with Gasteiger partial charge >= 0.3 is 5.97 Å². The Morgan fingerprint density at radius 2 is 1.65 bits per heavy atom. The molecule has 0 fully saturated rings. The summed E-state index contributed by atoms with van der Waals surface area (Å²) in [6.07, 6.45) is 15.8. The zero-order valence-electron chi connectivity index (χ0n) is 20.2. The van der Waals surface area contributed by atoms with Gasteiger partial charge in [-0.05, 0) is 38.7 Å². The summed E-state index contributed by atoms with van der Waals surface area (Å²) in [7, 11) is 0. The highest BCUT2D eigenvalue weighted by atomic mass is 16.5. The summed E-state index contributed by atoms with van der Waals surface area (Å²) in [5.74, 6) is 6.49. The minimum absolute atomic E-state index is 0.0826. The second-order valence-corrected chi connectivity index (χ2v) is 8.48. The van der Waals surface area contributed by atoms with E-state index in [0.29, 0.717) is 19.6 Å². The number of carbonyl (C=O) groups is 2. The Morgan fingerprint density at radius 1 is 0.935 bits per heavy atom. The van der Waals surface area contributed by atoms with Gasteiger partial charge in [0.2, 0.25) is 0 Å². The van der Waals surface area contributed by atoms with Crippen molar-refractivity contribution in [1.82, 2.24) is 0 Å². The minimum atomic E-state index is -0.192. The van der Waals surface area contributed by atoms with Crippen molar-refractivity contribution in [2.75, 3.05) is 13.2 Å². The number of hydrogen-bond donors (Lipinski definition) is 0. The van der Waals surface area contributed by atoms with Crippen LogP contribution in [-0.2, 0) is 19.1 Å². The minimum Gasteiger partial charge on any atom is -0.466 e. The van der Waals surface area contributed by atoms with Crippen molar-refractivity contribution in [3.8, 4) is 11.8 Å². The van der Waals surface area contributed by atoms with E-state index in [1.54, 1.807) is 6.08 Å². The van der Waals surface area contributed by atoms with Crippen LogP contribution >= 0.6 is 0 Å². The van der Waals surface area contributed by atoms with Crippen LogP contribution in [0.2, 0.25) is 0 Å². The summed E-state index contributed by atoms with van der Waals surface area (Å²) >= 11 is 0. The molecule has 0 saturated carbocycles. The number of hydrogen-bond acceptors (Lipinski definition) is 4. The first-order valence-electron chi connectivity index (χ1n) is 12.7. The lowest BCUT2D eigenvalue weighted by Gasteiger charge is -2.21. The van der Waals surface area contributed by atoms with E-state index < -0.39 is 0 Å². The van der Waals surface area contributed by atoms with E-state index in [1.807, 2.05) is 6.92 Å². The van der Waals surface area contributed by atoms with Crippen molar-refractivity contribution in [3.63, 3.8) is 0 Å². The van der Waals surface area contributed by atoms with Crippen LogP contribution in [0, 0.1) is 17.8 Å². The van der Waals surface area contributed by atoms with E-state index in [1.165, 1.54) is 38.5 Å². The summed E-state index contributed by atoms with van der Waals surface area (Å²) in [6.45, 7) is 7.27. The molecule has 0 heterocycles. The van der Waals surface area contributed by atoms with Crippen molar-refractivity contribution >= 4 is 11.8 Å². The Labute approximate surface area is 190 Å². The molecule has 4 nitrogen and oxygen atoms in total. The van der Waals surface area contributed by atoms with Gasteiger partial charge in [-0.3, -0.25) is 9.59 Å². The molecule has 0 aromatic heterocycles. The molecular formula is C27H44O4. The molecule has 0 unspecified atom stereocenters. The summed E-state index contributed by atoms with van der Waals surface area (Å²) < 4.78 is 11.2.